The topological polar surface area (TPSA) is 52.7 Å². The molecule has 0 saturated carbocycles. The van der Waals surface area contributed by atoms with E-state index in [0.717, 1.165) is 0 Å². The van der Waals surface area contributed by atoms with Gasteiger partial charge in [0.2, 0.25) is 0 Å². The van der Waals surface area contributed by atoms with Crippen LogP contribution in [0.4, 0.5) is 4.79 Å². The predicted molar refractivity (Wildman–Crippen MR) is 48.3 cm³/mol. The minimum Gasteiger partial charge on any atom is -0.318 e. The fraction of sp³-hybridized carbons (Fsp3) is 0.750. The molecule has 1 aliphatic rings. The molecule has 13 heavy (non-hydrogen) atoms. The zero-order valence-electron chi connectivity index (χ0n) is 8.20. The summed E-state index contributed by atoms with van der Waals surface area (Å²) in [5.74, 6) is -0.116. The number of hydrogen-bond donors (Lipinski definition) is 1. The Labute approximate surface area is 77.7 Å². The van der Waals surface area contributed by atoms with Crippen LogP contribution in [0.15, 0.2) is 0 Å². The van der Waals surface area contributed by atoms with Crippen molar-refractivity contribution in [2.24, 2.45) is 0 Å². The van der Waals surface area contributed by atoms with E-state index in [-0.39, 0.29) is 24.5 Å². The molecule has 1 unspecified atom stereocenters. The Morgan fingerprint density at radius 1 is 1.54 bits per heavy atom. The molecule has 5 nitrogen and oxygen atoms in total. The Balaban J connectivity index is 2.68. The highest BCUT2D eigenvalue weighted by Crippen LogP contribution is 2.11. The van der Waals surface area contributed by atoms with E-state index in [0.29, 0.717) is 6.54 Å². The number of likely N-dealkylation sites (N-methyl/N-ethyl adjacent to an activating group) is 2. The van der Waals surface area contributed by atoms with E-state index >= 15 is 0 Å². The van der Waals surface area contributed by atoms with Gasteiger partial charge in [0.1, 0.15) is 6.54 Å². The largest absolute Gasteiger partial charge is 0.327 e. The molecule has 1 atom stereocenters. The van der Waals surface area contributed by atoms with Crippen LogP contribution in [0.1, 0.15) is 6.92 Å². The SMILES string of the molecule is CNCC(C)N1C(=O)CN(C)C1=O. The molecular formula is C8H15N3O2. The molecular weight excluding hydrogens is 170 g/mol. The van der Waals surface area contributed by atoms with Crippen molar-refractivity contribution in [3.8, 4) is 0 Å². The van der Waals surface area contributed by atoms with Crippen LogP contribution in [0.25, 0.3) is 0 Å². The molecule has 0 aromatic carbocycles. The smallest absolute Gasteiger partial charge is 0.318 e. The number of hydrogen-bond acceptors (Lipinski definition) is 3. The van der Waals surface area contributed by atoms with Gasteiger partial charge in [-0.2, -0.15) is 0 Å². The van der Waals surface area contributed by atoms with E-state index in [9.17, 15) is 9.59 Å². The van der Waals surface area contributed by atoms with E-state index in [1.165, 1.54) is 9.80 Å². The first-order valence-corrected chi connectivity index (χ1v) is 4.29. The number of urea groups is 1. The van der Waals surface area contributed by atoms with Crippen LogP contribution in [-0.4, -0.2) is 55.0 Å². The molecule has 1 rings (SSSR count). The lowest BCUT2D eigenvalue weighted by atomic mass is 10.3. The van der Waals surface area contributed by atoms with Gasteiger partial charge in [-0.25, -0.2) is 4.79 Å². The van der Waals surface area contributed by atoms with Crippen molar-refractivity contribution in [2.75, 3.05) is 27.2 Å². The molecule has 0 bridgehead atoms. The molecule has 0 aromatic heterocycles. The molecule has 1 N–H and O–H groups in total. The van der Waals surface area contributed by atoms with Gasteiger partial charge in [0.05, 0.1) is 6.04 Å². The Hall–Kier alpha value is -1.10. The summed E-state index contributed by atoms with van der Waals surface area (Å²) in [5, 5.41) is 2.94. The van der Waals surface area contributed by atoms with E-state index in [1.807, 2.05) is 6.92 Å². The summed E-state index contributed by atoms with van der Waals surface area (Å²) in [6.07, 6.45) is 0. The normalized spacial score (nSPS) is 19.9. The number of nitrogens with zero attached hydrogens (tertiary/aromatic N) is 2. The molecule has 0 aliphatic carbocycles. The highest BCUT2D eigenvalue weighted by molar-refractivity contribution is 6.02. The summed E-state index contributed by atoms with van der Waals surface area (Å²) in [6.45, 7) is 2.68. The minimum atomic E-state index is -0.201. The van der Waals surface area contributed by atoms with E-state index in [1.54, 1.807) is 14.1 Å². The zero-order valence-corrected chi connectivity index (χ0v) is 8.20. The van der Waals surface area contributed by atoms with Gasteiger partial charge < -0.3 is 10.2 Å². The molecule has 5 heteroatoms. The van der Waals surface area contributed by atoms with Crippen molar-refractivity contribution in [2.45, 2.75) is 13.0 Å². The van der Waals surface area contributed by atoms with E-state index < -0.39 is 0 Å². The Bertz CT molecular complexity index is 229. The molecule has 0 radical (unpaired) electrons. The van der Waals surface area contributed by atoms with Crippen LogP contribution in [0.3, 0.4) is 0 Å². The van der Waals surface area contributed by atoms with Crippen molar-refractivity contribution in [3.63, 3.8) is 0 Å². The van der Waals surface area contributed by atoms with Gasteiger partial charge in [-0.15, -0.1) is 0 Å². The first kappa shape index (κ1) is 9.98. The number of rotatable bonds is 3. The van der Waals surface area contributed by atoms with Crippen molar-refractivity contribution in [3.05, 3.63) is 0 Å². The first-order chi connectivity index (χ1) is 6.07. The van der Waals surface area contributed by atoms with Gasteiger partial charge in [-0.05, 0) is 14.0 Å². The third-order valence-electron chi connectivity index (χ3n) is 2.11. The third kappa shape index (κ3) is 1.80. The van der Waals surface area contributed by atoms with Crippen LogP contribution in [-0.2, 0) is 4.79 Å². The van der Waals surface area contributed by atoms with Crippen molar-refractivity contribution < 1.29 is 9.59 Å². The van der Waals surface area contributed by atoms with Gasteiger partial charge in [-0.3, -0.25) is 9.69 Å². The second-order valence-electron chi connectivity index (χ2n) is 3.31. The zero-order chi connectivity index (χ0) is 10.0. The summed E-state index contributed by atoms with van der Waals surface area (Å²) in [4.78, 5) is 25.5. The van der Waals surface area contributed by atoms with Crippen LogP contribution < -0.4 is 5.32 Å². The van der Waals surface area contributed by atoms with Crippen LogP contribution in [0.5, 0.6) is 0 Å². The van der Waals surface area contributed by atoms with Crippen LogP contribution in [0.2, 0.25) is 0 Å². The molecule has 1 fully saturated rings. The monoisotopic (exact) mass is 185 g/mol. The Kier molecular flexibility index (Phi) is 2.87. The second-order valence-corrected chi connectivity index (χ2v) is 3.31. The first-order valence-electron chi connectivity index (χ1n) is 4.29. The lowest BCUT2D eigenvalue weighted by Crippen LogP contribution is -2.43. The van der Waals surface area contributed by atoms with Crippen molar-refractivity contribution in [1.29, 1.82) is 0 Å². The number of amides is 3. The molecule has 74 valence electrons. The molecule has 1 heterocycles. The molecule has 0 spiro atoms. The van der Waals surface area contributed by atoms with Crippen LogP contribution in [0, 0.1) is 0 Å². The number of imide groups is 1. The van der Waals surface area contributed by atoms with Gasteiger partial charge in [0, 0.05) is 13.6 Å². The molecule has 0 aromatic rings. The standard InChI is InChI=1S/C8H15N3O2/c1-6(4-9-2)11-7(12)5-10(3)8(11)13/h6,9H,4-5H2,1-3H3. The van der Waals surface area contributed by atoms with Crippen molar-refractivity contribution >= 4 is 11.9 Å². The number of nitrogens with one attached hydrogen (secondary N) is 1. The second kappa shape index (κ2) is 3.74. The molecule has 1 aliphatic heterocycles. The predicted octanol–water partition coefficient (Wildman–Crippen LogP) is -0.512. The highest BCUT2D eigenvalue weighted by atomic mass is 16.2. The average molecular weight is 185 g/mol. The molecule has 3 amide bonds. The summed E-state index contributed by atoms with van der Waals surface area (Å²) in [6, 6.07) is -0.275. The van der Waals surface area contributed by atoms with Gasteiger partial charge in [-0.1, -0.05) is 0 Å². The number of carbonyl (C=O) groups is 2. The minimum absolute atomic E-state index is 0.0741. The average Bonchev–Trinajstić information content (AvgIpc) is 2.27. The third-order valence-corrected chi connectivity index (χ3v) is 2.11. The van der Waals surface area contributed by atoms with Gasteiger partial charge in [0.15, 0.2) is 0 Å². The van der Waals surface area contributed by atoms with Crippen molar-refractivity contribution in [1.82, 2.24) is 15.1 Å². The fourth-order valence-electron chi connectivity index (χ4n) is 1.46. The summed E-state index contributed by atoms with van der Waals surface area (Å²) < 4.78 is 0. The lowest BCUT2D eigenvalue weighted by Gasteiger charge is -2.21. The summed E-state index contributed by atoms with van der Waals surface area (Å²) >= 11 is 0. The van der Waals surface area contributed by atoms with Crippen LogP contribution >= 0.6 is 0 Å². The maximum absolute atomic E-state index is 11.4. The molecule has 1 saturated heterocycles. The number of carbonyl (C=O) groups excluding carboxylic acids is 2. The van der Waals surface area contributed by atoms with E-state index in [4.69, 9.17) is 0 Å². The Morgan fingerprint density at radius 2 is 2.15 bits per heavy atom. The van der Waals surface area contributed by atoms with Gasteiger partial charge >= 0.3 is 6.03 Å². The lowest BCUT2D eigenvalue weighted by molar-refractivity contribution is -0.126. The highest BCUT2D eigenvalue weighted by Gasteiger charge is 2.36. The van der Waals surface area contributed by atoms with Gasteiger partial charge in [0.25, 0.3) is 5.91 Å². The maximum atomic E-state index is 11.4. The fourth-order valence-corrected chi connectivity index (χ4v) is 1.46. The Morgan fingerprint density at radius 3 is 2.54 bits per heavy atom. The summed E-state index contributed by atoms with van der Waals surface area (Å²) in [5.41, 5.74) is 0. The van der Waals surface area contributed by atoms with E-state index in [2.05, 4.69) is 5.32 Å². The maximum Gasteiger partial charge on any atom is 0.327 e. The summed E-state index contributed by atoms with van der Waals surface area (Å²) in [7, 11) is 3.43. The quantitative estimate of drug-likeness (QED) is 0.602.